The first kappa shape index (κ1) is 8.06. The molecule has 0 aliphatic rings. The Hall–Kier alpha value is -1.04. The van der Waals surface area contributed by atoms with Gasteiger partial charge in [0.25, 0.3) is 0 Å². The van der Waals surface area contributed by atoms with E-state index in [2.05, 4.69) is 32.6 Å². The summed E-state index contributed by atoms with van der Waals surface area (Å²) in [5.41, 5.74) is 2.47. The molecule has 0 N–H and O–H groups in total. The summed E-state index contributed by atoms with van der Waals surface area (Å²) >= 11 is 0. The van der Waals surface area contributed by atoms with E-state index in [1.807, 2.05) is 18.2 Å². The third-order valence-electron chi connectivity index (χ3n) is 1.74. The maximum Gasteiger partial charge on any atom is -0.0175 e. The van der Waals surface area contributed by atoms with E-state index in [9.17, 15) is 0 Å². The molecule has 1 aromatic rings. The second kappa shape index (κ2) is 3.38. The highest BCUT2D eigenvalue weighted by Gasteiger charge is 1.97. The van der Waals surface area contributed by atoms with Crippen molar-refractivity contribution in [2.45, 2.75) is 19.8 Å². The molecule has 1 rings (SSSR count). The van der Waals surface area contributed by atoms with E-state index in [1.54, 1.807) is 0 Å². The quantitative estimate of drug-likeness (QED) is 0.599. The molecule has 57 valence electrons. The molecule has 0 spiro atoms. The fourth-order valence-corrected chi connectivity index (χ4v) is 0.961. The Bertz CT molecular complexity index is 246. The maximum atomic E-state index is 3.71. The summed E-state index contributed by atoms with van der Waals surface area (Å²) in [7, 11) is 0. The summed E-state index contributed by atoms with van der Waals surface area (Å²) in [5.74, 6) is 0.575. The fraction of sp³-hybridized carbons (Fsp3) is 0.273. The van der Waals surface area contributed by atoms with Crippen molar-refractivity contribution in [3.8, 4) is 0 Å². The van der Waals surface area contributed by atoms with Crippen LogP contribution in [-0.4, -0.2) is 0 Å². The van der Waals surface area contributed by atoms with Crippen LogP contribution in [0.4, 0.5) is 0 Å². The van der Waals surface area contributed by atoms with Gasteiger partial charge in [0.15, 0.2) is 0 Å². The van der Waals surface area contributed by atoms with Gasteiger partial charge in [-0.25, -0.2) is 0 Å². The third-order valence-corrected chi connectivity index (χ3v) is 1.74. The molecule has 0 nitrogen and oxygen atoms in total. The molecule has 0 heterocycles. The van der Waals surface area contributed by atoms with Crippen LogP contribution in [0.2, 0.25) is 0 Å². The van der Waals surface area contributed by atoms with Gasteiger partial charge in [0.2, 0.25) is 0 Å². The van der Waals surface area contributed by atoms with Crippen molar-refractivity contribution in [1.82, 2.24) is 0 Å². The Labute approximate surface area is 68.6 Å². The first-order chi connectivity index (χ1) is 5.24. The van der Waals surface area contributed by atoms with Gasteiger partial charge in [0.05, 0.1) is 0 Å². The number of benzene rings is 1. The Morgan fingerprint density at radius 3 is 2.73 bits per heavy atom. The van der Waals surface area contributed by atoms with Crippen LogP contribution in [0, 0.1) is 6.07 Å². The van der Waals surface area contributed by atoms with Crippen LogP contribution in [0.3, 0.4) is 0 Å². The van der Waals surface area contributed by atoms with Crippen molar-refractivity contribution < 1.29 is 0 Å². The van der Waals surface area contributed by atoms with E-state index in [-0.39, 0.29) is 0 Å². The number of rotatable bonds is 2. The van der Waals surface area contributed by atoms with Gasteiger partial charge in [-0.15, -0.1) is 0 Å². The van der Waals surface area contributed by atoms with Crippen LogP contribution in [0.1, 0.15) is 30.9 Å². The lowest BCUT2D eigenvalue weighted by molar-refractivity contribution is 0.866. The lowest BCUT2D eigenvalue weighted by atomic mass is 10.0. The third kappa shape index (κ3) is 1.94. The van der Waals surface area contributed by atoms with Gasteiger partial charge in [0.1, 0.15) is 0 Å². The van der Waals surface area contributed by atoms with Crippen LogP contribution >= 0.6 is 0 Å². The first-order valence-electron chi connectivity index (χ1n) is 3.87. The summed E-state index contributed by atoms with van der Waals surface area (Å²) in [6.07, 6.45) is 1.85. The highest BCUT2D eigenvalue weighted by Crippen LogP contribution is 2.15. The van der Waals surface area contributed by atoms with Crippen LogP contribution in [0.5, 0.6) is 0 Å². The molecule has 0 aliphatic carbocycles. The Balaban J connectivity index is 3.00. The normalized spacial score (nSPS) is 10.1. The van der Waals surface area contributed by atoms with E-state index in [1.165, 1.54) is 5.56 Å². The number of hydrogen-bond donors (Lipinski definition) is 0. The predicted molar refractivity (Wildman–Crippen MR) is 49.5 cm³/mol. The minimum absolute atomic E-state index is 0.575. The van der Waals surface area contributed by atoms with Crippen molar-refractivity contribution in [1.29, 1.82) is 0 Å². The van der Waals surface area contributed by atoms with Gasteiger partial charge in [-0.2, -0.15) is 0 Å². The zero-order chi connectivity index (χ0) is 8.27. The van der Waals surface area contributed by atoms with Gasteiger partial charge in [-0.1, -0.05) is 38.6 Å². The molecule has 0 atom stereocenters. The number of hydrogen-bond acceptors (Lipinski definition) is 0. The predicted octanol–water partition coefficient (Wildman–Crippen LogP) is 3.25. The summed E-state index contributed by atoms with van der Waals surface area (Å²) in [4.78, 5) is 0. The zero-order valence-electron chi connectivity index (χ0n) is 7.09. The first-order valence-corrected chi connectivity index (χ1v) is 3.87. The van der Waals surface area contributed by atoms with Gasteiger partial charge >= 0.3 is 0 Å². The second-order valence-corrected chi connectivity index (χ2v) is 2.96. The van der Waals surface area contributed by atoms with Crippen molar-refractivity contribution >= 4 is 6.08 Å². The zero-order valence-corrected chi connectivity index (χ0v) is 7.09. The lowest BCUT2D eigenvalue weighted by Crippen LogP contribution is -1.86. The van der Waals surface area contributed by atoms with Crippen molar-refractivity contribution in [2.24, 2.45) is 0 Å². The van der Waals surface area contributed by atoms with Gasteiger partial charge in [0, 0.05) is 0 Å². The molecule has 0 bridgehead atoms. The summed E-state index contributed by atoms with van der Waals surface area (Å²) in [5, 5.41) is 0. The Kier molecular flexibility index (Phi) is 2.48. The van der Waals surface area contributed by atoms with Crippen molar-refractivity contribution in [3.05, 3.63) is 42.0 Å². The van der Waals surface area contributed by atoms with Crippen LogP contribution in [0.15, 0.2) is 24.8 Å². The van der Waals surface area contributed by atoms with Crippen LogP contribution in [-0.2, 0) is 0 Å². The van der Waals surface area contributed by atoms with Gasteiger partial charge in [-0.05, 0) is 29.2 Å². The monoisotopic (exact) mass is 145 g/mol. The average Bonchev–Trinajstić information content (AvgIpc) is 2.05. The highest BCUT2D eigenvalue weighted by atomic mass is 14.0. The molecule has 11 heavy (non-hydrogen) atoms. The molecule has 0 unspecified atom stereocenters. The topological polar surface area (TPSA) is 0 Å². The smallest absolute Gasteiger partial charge is 0.0175 e. The molecule has 0 aromatic heterocycles. The Morgan fingerprint density at radius 2 is 2.18 bits per heavy atom. The van der Waals surface area contributed by atoms with Crippen molar-refractivity contribution in [3.63, 3.8) is 0 Å². The molecule has 0 heteroatoms. The lowest BCUT2D eigenvalue weighted by Gasteiger charge is -2.04. The van der Waals surface area contributed by atoms with Gasteiger partial charge in [-0.3, -0.25) is 0 Å². The van der Waals surface area contributed by atoms with E-state index in [4.69, 9.17) is 0 Å². The summed E-state index contributed by atoms with van der Waals surface area (Å²) in [6, 6.07) is 9.21. The van der Waals surface area contributed by atoms with E-state index < -0.39 is 0 Å². The van der Waals surface area contributed by atoms with Crippen LogP contribution in [0.25, 0.3) is 6.08 Å². The second-order valence-electron chi connectivity index (χ2n) is 2.96. The molecule has 1 aromatic carbocycles. The Morgan fingerprint density at radius 1 is 1.45 bits per heavy atom. The molecule has 0 amide bonds. The van der Waals surface area contributed by atoms with E-state index >= 15 is 0 Å². The molecular weight excluding hydrogens is 132 g/mol. The van der Waals surface area contributed by atoms with Gasteiger partial charge < -0.3 is 0 Å². The fourth-order valence-electron chi connectivity index (χ4n) is 0.961. The molecule has 0 saturated heterocycles. The van der Waals surface area contributed by atoms with Crippen LogP contribution < -0.4 is 0 Å². The minimum Gasteiger partial charge on any atom is -0.0985 e. The maximum absolute atomic E-state index is 3.71. The molecule has 0 fully saturated rings. The molecule has 0 aliphatic heterocycles. The average molecular weight is 145 g/mol. The highest BCUT2D eigenvalue weighted by molar-refractivity contribution is 5.47. The molecule has 0 saturated carbocycles. The van der Waals surface area contributed by atoms with E-state index in [0.29, 0.717) is 5.92 Å². The van der Waals surface area contributed by atoms with E-state index in [0.717, 1.165) is 5.56 Å². The standard InChI is InChI=1S/C11H13/c1-4-10-6-5-7-11(8-10)9(2)3/h4,6-9H,1H2,2-3H3. The molecular formula is C11H13. The van der Waals surface area contributed by atoms with Crippen molar-refractivity contribution in [2.75, 3.05) is 0 Å². The minimum atomic E-state index is 0.575. The largest absolute Gasteiger partial charge is 0.0985 e. The molecule has 1 radical (unpaired) electrons. The summed E-state index contributed by atoms with van der Waals surface area (Å²) < 4.78 is 0. The summed E-state index contributed by atoms with van der Waals surface area (Å²) in [6.45, 7) is 8.06. The SMILES string of the molecule is C=Cc1c[c]cc(C(C)C)c1.